The third-order valence-electron chi connectivity index (χ3n) is 6.95. The quantitative estimate of drug-likeness (QED) is 0.648. The normalized spacial score (nSPS) is 25.1. The van der Waals surface area contributed by atoms with Crippen molar-refractivity contribution in [1.29, 1.82) is 0 Å². The first-order valence-electron chi connectivity index (χ1n) is 10.9. The maximum absolute atomic E-state index is 11.3. The number of benzene rings is 1. The van der Waals surface area contributed by atoms with Gasteiger partial charge in [0.25, 0.3) is 0 Å². The monoisotopic (exact) mass is 367 g/mol. The molecule has 1 aliphatic carbocycles. The van der Waals surface area contributed by atoms with Gasteiger partial charge in [-0.2, -0.15) is 0 Å². The minimum atomic E-state index is 0.368. The fraction of sp³-hybridized carbons (Fsp3) is 0.625. The average Bonchev–Trinajstić information content (AvgIpc) is 3.16. The Morgan fingerprint density at radius 3 is 2.52 bits per heavy atom. The predicted octanol–water partition coefficient (Wildman–Crippen LogP) is 5.79. The second-order valence-electron chi connectivity index (χ2n) is 8.88. The fourth-order valence-corrected chi connectivity index (χ4v) is 5.34. The maximum atomic E-state index is 11.3. The van der Waals surface area contributed by atoms with Crippen molar-refractivity contribution in [3.05, 3.63) is 36.1 Å². The molecule has 3 nitrogen and oxygen atoms in total. The lowest BCUT2D eigenvalue weighted by Gasteiger charge is -2.34. The number of hydrogen-bond acceptors (Lipinski definition) is 3. The minimum absolute atomic E-state index is 0.368. The Labute approximate surface area is 163 Å². The van der Waals surface area contributed by atoms with E-state index in [4.69, 9.17) is 4.42 Å². The molecule has 1 aromatic carbocycles. The van der Waals surface area contributed by atoms with Gasteiger partial charge in [-0.3, -0.25) is 0 Å². The van der Waals surface area contributed by atoms with Crippen molar-refractivity contribution in [2.75, 3.05) is 19.6 Å². The Morgan fingerprint density at radius 1 is 1.04 bits per heavy atom. The van der Waals surface area contributed by atoms with Crippen LogP contribution in [0.15, 0.2) is 34.9 Å². The number of carbonyl (C=O) groups is 1. The molecule has 27 heavy (non-hydrogen) atoms. The summed E-state index contributed by atoms with van der Waals surface area (Å²) in [6.07, 6.45) is 11.7. The molecular formula is C24H33NO2. The van der Waals surface area contributed by atoms with E-state index in [0.717, 1.165) is 17.9 Å². The molecule has 2 fully saturated rings. The van der Waals surface area contributed by atoms with Crippen LogP contribution in [0.25, 0.3) is 11.0 Å². The van der Waals surface area contributed by atoms with Gasteiger partial charge in [-0.15, -0.1) is 0 Å². The Hall–Kier alpha value is -1.61. The summed E-state index contributed by atoms with van der Waals surface area (Å²) in [4.78, 5) is 14.0. The van der Waals surface area contributed by atoms with Crippen molar-refractivity contribution >= 4 is 16.8 Å². The topological polar surface area (TPSA) is 33.5 Å². The standard InChI is InChI=1S/C24H33NO2/c1-18(26)17-20-7-5-19(6-8-20)9-13-25-14-10-21(11-15-25)22-3-2-4-24-23(22)12-16-27-24/h2-4,12,16,19-21H,5-11,13-15,17H2,1H3. The van der Waals surface area contributed by atoms with Crippen molar-refractivity contribution in [2.45, 2.75) is 64.2 Å². The van der Waals surface area contributed by atoms with Crippen molar-refractivity contribution < 1.29 is 9.21 Å². The van der Waals surface area contributed by atoms with Gasteiger partial charge in [-0.05, 0) is 94.1 Å². The molecule has 146 valence electrons. The first kappa shape index (κ1) is 18.7. The third kappa shape index (κ3) is 4.63. The second kappa shape index (κ2) is 8.60. The summed E-state index contributed by atoms with van der Waals surface area (Å²) >= 11 is 0. The van der Waals surface area contributed by atoms with Gasteiger partial charge in [0.15, 0.2) is 0 Å². The molecule has 0 N–H and O–H groups in total. The number of fused-ring (bicyclic) bond motifs is 1. The summed E-state index contributed by atoms with van der Waals surface area (Å²) in [7, 11) is 0. The van der Waals surface area contributed by atoms with Crippen LogP contribution in [0.3, 0.4) is 0 Å². The number of Topliss-reactive ketones (excluding diaryl/α,β-unsaturated/α-hetero) is 1. The van der Waals surface area contributed by atoms with E-state index in [-0.39, 0.29) is 0 Å². The lowest BCUT2D eigenvalue weighted by molar-refractivity contribution is -0.118. The predicted molar refractivity (Wildman–Crippen MR) is 110 cm³/mol. The molecule has 1 saturated carbocycles. The minimum Gasteiger partial charge on any atom is -0.464 e. The summed E-state index contributed by atoms with van der Waals surface area (Å²) in [6.45, 7) is 5.44. The molecule has 2 aromatic rings. The van der Waals surface area contributed by atoms with Gasteiger partial charge in [0.2, 0.25) is 0 Å². The van der Waals surface area contributed by atoms with E-state index in [1.54, 1.807) is 6.92 Å². The van der Waals surface area contributed by atoms with E-state index < -0.39 is 0 Å². The van der Waals surface area contributed by atoms with Crippen LogP contribution >= 0.6 is 0 Å². The number of likely N-dealkylation sites (tertiary alicyclic amines) is 1. The molecule has 1 aliphatic heterocycles. The van der Waals surface area contributed by atoms with Crippen molar-refractivity contribution in [1.82, 2.24) is 4.90 Å². The van der Waals surface area contributed by atoms with Crippen LogP contribution in [0.2, 0.25) is 0 Å². The number of ketones is 1. The zero-order chi connectivity index (χ0) is 18.6. The van der Waals surface area contributed by atoms with Crippen molar-refractivity contribution in [3.63, 3.8) is 0 Å². The summed E-state index contributed by atoms with van der Waals surface area (Å²) in [6, 6.07) is 8.62. The lowest BCUT2D eigenvalue weighted by atomic mass is 9.78. The molecule has 0 atom stereocenters. The van der Waals surface area contributed by atoms with Gasteiger partial charge >= 0.3 is 0 Å². The molecule has 0 amide bonds. The van der Waals surface area contributed by atoms with E-state index in [0.29, 0.717) is 17.6 Å². The van der Waals surface area contributed by atoms with Gasteiger partial charge < -0.3 is 14.1 Å². The van der Waals surface area contributed by atoms with Crippen LogP contribution in [0.1, 0.15) is 69.8 Å². The highest BCUT2D eigenvalue weighted by molar-refractivity contribution is 5.81. The molecule has 4 rings (SSSR count). The van der Waals surface area contributed by atoms with Crippen LogP contribution < -0.4 is 0 Å². The average molecular weight is 368 g/mol. The van der Waals surface area contributed by atoms with Crippen LogP contribution in [-0.4, -0.2) is 30.3 Å². The SMILES string of the molecule is CC(=O)CC1CCC(CCN2CCC(c3cccc4occc34)CC2)CC1. The summed E-state index contributed by atoms with van der Waals surface area (Å²) < 4.78 is 5.58. The number of furan rings is 1. The van der Waals surface area contributed by atoms with E-state index in [1.807, 2.05) is 6.26 Å². The summed E-state index contributed by atoms with van der Waals surface area (Å²) in [5, 5.41) is 1.30. The van der Waals surface area contributed by atoms with Crippen LogP contribution in [0.5, 0.6) is 0 Å². The molecule has 0 radical (unpaired) electrons. The maximum Gasteiger partial charge on any atom is 0.134 e. The van der Waals surface area contributed by atoms with Crippen LogP contribution in [-0.2, 0) is 4.79 Å². The van der Waals surface area contributed by atoms with Crippen LogP contribution in [0.4, 0.5) is 0 Å². The van der Waals surface area contributed by atoms with Crippen LogP contribution in [0, 0.1) is 11.8 Å². The van der Waals surface area contributed by atoms with Gasteiger partial charge in [-0.25, -0.2) is 0 Å². The largest absolute Gasteiger partial charge is 0.464 e. The Morgan fingerprint density at radius 2 is 1.78 bits per heavy atom. The molecule has 2 heterocycles. The highest BCUT2D eigenvalue weighted by atomic mass is 16.3. The molecule has 1 aromatic heterocycles. The first-order valence-corrected chi connectivity index (χ1v) is 10.9. The smallest absolute Gasteiger partial charge is 0.134 e. The first-order chi connectivity index (χ1) is 13.2. The Kier molecular flexibility index (Phi) is 5.97. The van der Waals surface area contributed by atoms with Crippen molar-refractivity contribution in [2.24, 2.45) is 11.8 Å². The zero-order valence-corrected chi connectivity index (χ0v) is 16.7. The zero-order valence-electron chi connectivity index (χ0n) is 16.7. The van der Waals surface area contributed by atoms with E-state index >= 15 is 0 Å². The summed E-state index contributed by atoms with van der Waals surface area (Å²) in [5.41, 5.74) is 2.50. The van der Waals surface area contributed by atoms with E-state index in [2.05, 4.69) is 29.2 Å². The number of piperidine rings is 1. The van der Waals surface area contributed by atoms with E-state index in [9.17, 15) is 4.79 Å². The van der Waals surface area contributed by atoms with Gasteiger partial charge in [0.1, 0.15) is 11.4 Å². The summed E-state index contributed by atoms with van der Waals surface area (Å²) in [5.74, 6) is 2.59. The highest BCUT2D eigenvalue weighted by Crippen LogP contribution is 2.35. The Balaban J connectivity index is 1.21. The van der Waals surface area contributed by atoms with Crippen molar-refractivity contribution in [3.8, 4) is 0 Å². The number of carbonyl (C=O) groups excluding carboxylic acids is 1. The molecule has 1 saturated heterocycles. The molecule has 3 heteroatoms. The number of rotatable bonds is 6. The molecule has 0 unspecified atom stereocenters. The third-order valence-corrected chi connectivity index (χ3v) is 6.95. The second-order valence-corrected chi connectivity index (χ2v) is 8.88. The highest BCUT2D eigenvalue weighted by Gasteiger charge is 2.25. The molecule has 0 spiro atoms. The molecule has 2 aliphatic rings. The lowest BCUT2D eigenvalue weighted by Crippen LogP contribution is -2.34. The van der Waals surface area contributed by atoms with Gasteiger partial charge in [0, 0.05) is 11.8 Å². The number of nitrogens with zero attached hydrogens (tertiary/aromatic N) is 1. The Bertz CT molecular complexity index is 749. The van der Waals surface area contributed by atoms with E-state index in [1.165, 1.54) is 75.5 Å². The molecular weight excluding hydrogens is 334 g/mol. The van der Waals surface area contributed by atoms with Gasteiger partial charge in [-0.1, -0.05) is 25.0 Å². The molecule has 0 bridgehead atoms. The fourth-order valence-electron chi connectivity index (χ4n) is 5.34. The van der Waals surface area contributed by atoms with Gasteiger partial charge in [0.05, 0.1) is 6.26 Å². The number of hydrogen-bond donors (Lipinski definition) is 0.